The van der Waals surface area contributed by atoms with E-state index in [9.17, 15) is 18.0 Å². The third-order valence-electron chi connectivity index (χ3n) is 5.33. The lowest BCUT2D eigenvalue weighted by Gasteiger charge is -2.27. The fraction of sp³-hybridized carbons (Fsp3) is 0.261. The number of ether oxygens (including phenoxy) is 1. The minimum absolute atomic E-state index is 0.189. The van der Waals surface area contributed by atoms with Crippen LogP contribution in [0.15, 0.2) is 60.8 Å². The monoisotopic (exact) mass is 430 g/mol. The molecule has 2 heterocycles. The minimum Gasteiger partial charge on any atom is -0.478 e. The molecule has 1 aromatic heterocycles. The van der Waals surface area contributed by atoms with E-state index >= 15 is 0 Å². The molecular weight excluding hydrogens is 409 g/mol. The van der Waals surface area contributed by atoms with Crippen molar-refractivity contribution in [3.63, 3.8) is 0 Å². The maximum absolute atomic E-state index is 12.9. The van der Waals surface area contributed by atoms with Crippen molar-refractivity contribution in [3.05, 3.63) is 77.6 Å². The molecule has 31 heavy (non-hydrogen) atoms. The van der Waals surface area contributed by atoms with Crippen LogP contribution >= 0.6 is 0 Å². The van der Waals surface area contributed by atoms with E-state index < -0.39 is 17.7 Å². The normalized spacial score (nSPS) is 15.2. The number of hydrogen-bond acceptors (Lipinski definition) is 3. The summed E-state index contributed by atoms with van der Waals surface area (Å²) in [6, 6.07) is 13.6. The zero-order chi connectivity index (χ0) is 22.0. The molecule has 1 aliphatic heterocycles. The Labute approximate surface area is 177 Å². The first kappa shape index (κ1) is 21.1. The fourth-order valence-electron chi connectivity index (χ4n) is 3.63. The van der Waals surface area contributed by atoms with Crippen molar-refractivity contribution in [2.75, 3.05) is 26.3 Å². The highest BCUT2D eigenvalue weighted by Gasteiger charge is 2.30. The van der Waals surface area contributed by atoms with E-state index in [0.717, 1.165) is 42.2 Å². The summed E-state index contributed by atoms with van der Waals surface area (Å²) in [7, 11) is 0. The second-order valence-electron chi connectivity index (χ2n) is 7.41. The summed E-state index contributed by atoms with van der Waals surface area (Å²) in [5, 5.41) is 9.14. The Morgan fingerprint density at radius 3 is 2.19 bits per heavy atom. The molecule has 0 bridgehead atoms. The molecule has 0 unspecified atom stereocenters. The number of carbonyl (C=O) groups is 1. The number of hydrogen-bond donors (Lipinski definition) is 1. The van der Waals surface area contributed by atoms with Gasteiger partial charge < -0.3 is 14.4 Å². The van der Waals surface area contributed by atoms with Crippen molar-refractivity contribution in [2.45, 2.75) is 12.7 Å². The van der Waals surface area contributed by atoms with Crippen LogP contribution in [0.2, 0.25) is 0 Å². The van der Waals surface area contributed by atoms with Gasteiger partial charge in [-0.25, -0.2) is 4.79 Å². The van der Waals surface area contributed by atoms with E-state index in [1.807, 2.05) is 16.8 Å². The number of benzene rings is 2. The molecule has 1 saturated heterocycles. The Kier molecular flexibility index (Phi) is 5.84. The Bertz CT molecular complexity index is 1050. The first-order chi connectivity index (χ1) is 14.8. The summed E-state index contributed by atoms with van der Waals surface area (Å²) in [4.78, 5) is 13.4. The molecule has 3 aromatic rings. The van der Waals surface area contributed by atoms with Gasteiger partial charge in [-0.1, -0.05) is 12.1 Å². The molecule has 1 fully saturated rings. The Balaban J connectivity index is 1.69. The van der Waals surface area contributed by atoms with Crippen molar-refractivity contribution in [3.8, 4) is 16.8 Å². The van der Waals surface area contributed by atoms with Gasteiger partial charge in [-0.2, -0.15) is 13.2 Å². The fourth-order valence-corrected chi connectivity index (χ4v) is 3.63. The molecule has 0 atom stereocenters. The van der Waals surface area contributed by atoms with Gasteiger partial charge >= 0.3 is 12.1 Å². The second-order valence-corrected chi connectivity index (χ2v) is 7.41. The minimum atomic E-state index is -4.38. The molecule has 0 aliphatic carbocycles. The molecule has 0 spiro atoms. The lowest BCUT2D eigenvalue weighted by Crippen LogP contribution is -2.36. The predicted molar refractivity (Wildman–Crippen MR) is 109 cm³/mol. The molecule has 1 N–H and O–H groups in total. The second kappa shape index (κ2) is 8.56. The third-order valence-corrected chi connectivity index (χ3v) is 5.33. The largest absolute Gasteiger partial charge is 0.478 e. The molecule has 4 rings (SSSR count). The maximum atomic E-state index is 12.9. The van der Waals surface area contributed by atoms with E-state index in [1.54, 1.807) is 12.1 Å². The topological polar surface area (TPSA) is 54.7 Å². The first-order valence-corrected chi connectivity index (χ1v) is 9.84. The van der Waals surface area contributed by atoms with Gasteiger partial charge in [0.05, 0.1) is 24.3 Å². The van der Waals surface area contributed by atoms with Gasteiger partial charge in [-0.05, 0) is 48.0 Å². The van der Waals surface area contributed by atoms with Crippen LogP contribution in [0, 0.1) is 0 Å². The van der Waals surface area contributed by atoms with Crippen LogP contribution in [0.3, 0.4) is 0 Å². The van der Waals surface area contributed by atoms with Gasteiger partial charge in [0.15, 0.2) is 0 Å². The summed E-state index contributed by atoms with van der Waals surface area (Å²) < 4.78 is 46.1. The van der Waals surface area contributed by atoms with Gasteiger partial charge in [-0.3, -0.25) is 4.90 Å². The lowest BCUT2D eigenvalue weighted by atomic mass is 10.1. The maximum Gasteiger partial charge on any atom is 0.416 e. The summed E-state index contributed by atoms with van der Waals surface area (Å²) in [6.45, 7) is 3.53. The third kappa shape index (κ3) is 4.81. The molecule has 0 saturated carbocycles. The summed E-state index contributed by atoms with van der Waals surface area (Å²) in [6.07, 6.45) is -2.51. The van der Waals surface area contributed by atoms with Crippen LogP contribution in [-0.4, -0.2) is 46.8 Å². The van der Waals surface area contributed by atoms with E-state index in [2.05, 4.69) is 4.90 Å². The van der Waals surface area contributed by atoms with Crippen LogP contribution < -0.4 is 0 Å². The zero-order valence-electron chi connectivity index (χ0n) is 16.6. The van der Waals surface area contributed by atoms with Crippen LogP contribution in [0.4, 0.5) is 13.2 Å². The number of halogens is 3. The predicted octanol–water partition coefficient (Wildman–Crippen LogP) is 4.69. The van der Waals surface area contributed by atoms with Crippen LogP contribution in [0.1, 0.15) is 21.6 Å². The molecule has 0 radical (unpaired) electrons. The van der Waals surface area contributed by atoms with Gasteiger partial charge in [0.25, 0.3) is 0 Å². The van der Waals surface area contributed by atoms with Crippen LogP contribution in [0.25, 0.3) is 16.8 Å². The SMILES string of the molecule is O=C(O)c1ccc(-n2cc(-c3ccc(C(F)(F)F)cc3)cc2CN2CCOCC2)cc1. The number of morpholine rings is 1. The lowest BCUT2D eigenvalue weighted by molar-refractivity contribution is -0.137. The highest BCUT2D eigenvalue weighted by atomic mass is 19.4. The molecule has 162 valence electrons. The van der Waals surface area contributed by atoms with Gasteiger partial charge in [-0.15, -0.1) is 0 Å². The number of alkyl halides is 3. The first-order valence-electron chi connectivity index (χ1n) is 9.84. The van der Waals surface area contributed by atoms with Crippen LogP contribution in [0.5, 0.6) is 0 Å². The number of aromatic carboxylic acids is 1. The summed E-state index contributed by atoms with van der Waals surface area (Å²) in [5.74, 6) is -1.00. The molecule has 5 nitrogen and oxygen atoms in total. The van der Waals surface area contributed by atoms with E-state index in [1.165, 1.54) is 24.3 Å². The van der Waals surface area contributed by atoms with Crippen molar-refractivity contribution in [2.24, 2.45) is 0 Å². The standard InChI is InChI=1S/C23H21F3N2O3/c24-23(25,26)19-5-1-16(2-6-19)18-13-21(15-27-9-11-31-12-10-27)28(14-18)20-7-3-17(4-8-20)22(29)30/h1-8,13-14H,9-12,15H2,(H,29,30). The zero-order valence-corrected chi connectivity index (χ0v) is 16.6. The molecule has 0 amide bonds. The highest BCUT2D eigenvalue weighted by molar-refractivity contribution is 5.87. The van der Waals surface area contributed by atoms with Crippen LogP contribution in [-0.2, 0) is 17.5 Å². The Morgan fingerprint density at radius 1 is 0.968 bits per heavy atom. The van der Waals surface area contributed by atoms with Crippen molar-refractivity contribution < 1.29 is 27.8 Å². The molecular formula is C23H21F3N2O3. The Hall–Kier alpha value is -3.10. The van der Waals surface area contributed by atoms with Crippen molar-refractivity contribution in [1.29, 1.82) is 0 Å². The number of carboxylic acids is 1. The highest BCUT2D eigenvalue weighted by Crippen LogP contribution is 2.32. The van der Waals surface area contributed by atoms with Gasteiger partial charge in [0, 0.05) is 42.8 Å². The number of carboxylic acid groups (broad SMARTS) is 1. The van der Waals surface area contributed by atoms with Gasteiger partial charge in [0.2, 0.25) is 0 Å². The average molecular weight is 430 g/mol. The summed E-state index contributed by atoms with van der Waals surface area (Å²) >= 11 is 0. The number of rotatable bonds is 5. The summed E-state index contributed by atoms with van der Waals surface area (Å²) in [5.41, 5.74) is 2.71. The molecule has 8 heteroatoms. The van der Waals surface area contributed by atoms with Gasteiger partial charge in [0.1, 0.15) is 0 Å². The van der Waals surface area contributed by atoms with E-state index in [-0.39, 0.29) is 5.56 Å². The smallest absolute Gasteiger partial charge is 0.416 e. The average Bonchev–Trinajstić information content (AvgIpc) is 3.18. The Morgan fingerprint density at radius 2 is 1.61 bits per heavy atom. The number of nitrogens with zero attached hydrogens (tertiary/aromatic N) is 2. The molecule has 1 aliphatic rings. The van der Waals surface area contributed by atoms with E-state index in [4.69, 9.17) is 9.84 Å². The van der Waals surface area contributed by atoms with Crippen molar-refractivity contribution >= 4 is 5.97 Å². The molecule has 2 aromatic carbocycles. The quantitative estimate of drug-likeness (QED) is 0.638. The van der Waals surface area contributed by atoms with Crippen molar-refractivity contribution in [1.82, 2.24) is 9.47 Å². The number of aromatic nitrogens is 1. The van der Waals surface area contributed by atoms with E-state index in [0.29, 0.717) is 25.3 Å².